The summed E-state index contributed by atoms with van der Waals surface area (Å²) in [5.74, 6) is 0. The molecular weight excluding hydrogens is 160 g/mol. The number of nitro benzene ring substituents is 1. The van der Waals surface area contributed by atoms with Gasteiger partial charge in [0.15, 0.2) is 0 Å². The van der Waals surface area contributed by atoms with E-state index in [1.165, 1.54) is 6.07 Å². The van der Waals surface area contributed by atoms with Crippen molar-refractivity contribution < 1.29 is 10.4 Å². The zero-order chi connectivity index (χ0) is 8.27. The molecule has 0 fully saturated rings. The van der Waals surface area contributed by atoms with Gasteiger partial charge in [0, 0.05) is 13.1 Å². The van der Waals surface area contributed by atoms with Gasteiger partial charge in [0.05, 0.1) is 4.92 Å². The third kappa shape index (κ3) is 1.93. The summed E-state index contributed by atoms with van der Waals surface area (Å²) in [5, 5.41) is 13.1. The average molecular weight is 170 g/mol. The second-order valence-corrected chi connectivity index (χ2v) is 2.02. The second kappa shape index (κ2) is 4.30. The summed E-state index contributed by atoms with van der Waals surface area (Å²) < 4.78 is 0. The van der Waals surface area contributed by atoms with Gasteiger partial charge in [-0.2, -0.15) is 0 Å². The highest BCUT2D eigenvalue weighted by atomic mass is 16.6. The average Bonchev–Trinajstić information content (AvgIpc) is 2.04. The molecule has 1 aromatic carbocycles. The van der Waals surface area contributed by atoms with Gasteiger partial charge in [-0.3, -0.25) is 10.1 Å². The molecule has 0 saturated carbocycles. The fraction of sp³-hybridized carbons (Fsp3) is 0.143. The van der Waals surface area contributed by atoms with E-state index in [-0.39, 0.29) is 11.2 Å². The summed E-state index contributed by atoms with van der Waals surface area (Å²) >= 11 is 0. The van der Waals surface area contributed by atoms with Crippen molar-refractivity contribution in [1.29, 1.82) is 0 Å². The van der Waals surface area contributed by atoms with Gasteiger partial charge in [-0.05, 0) is 6.07 Å². The van der Waals surface area contributed by atoms with Gasteiger partial charge in [0.1, 0.15) is 5.69 Å². The lowest BCUT2D eigenvalue weighted by molar-refractivity contribution is -0.383. The zero-order valence-electron chi connectivity index (χ0n) is 6.57. The molecule has 0 amide bonds. The molecule has 0 radical (unpaired) electrons. The Balaban J connectivity index is 0.00000121. The highest BCUT2D eigenvalue weighted by Crippen LogP contribution is 2.21. The summed E-state index contributed by atoms with van der Waals surface area (Å²) in [5.41, 5.74) is 0.646. The molecule has 0 aliphatic carbocycles. The highest BCUT2D eigenvalue weighted by Gasteiger charge is 2.09. The normalized spacial score (nSPS) is 8.42. The topological polar surface area (TPSA) is 86.7 Å². The minimum Gasteiger partial charge on any atom is -0.412 e. The molecule has 0 aliphatic heterocycles. The molecule has 66 valence electrons. The molecule has 0 heterocycles. The number of nitrogens with one attached hydrogen (secondary N) is 1. The Morgan fingerprint density at radius 2 is 2.00 bits per heavy atom. The minimum atomic E-state index is -0.411. The third-order valence-corrected chi connectivity index (χ3v) is 1.37. The third-order valence-electron chi connectivity index (χ3n) is 1.37. The Kier molecular flexibility index (Phi) is 3.72. The Morgan fingerprint density at radius 1 is 1.42 bits per heavy atom. The van der Waals surface area contributed by atoms with Crippen LogP contribution >= 0.6 is 0 Å². The van der Waals surface area contributed by atoms with Crippen LogP contribution in [0.25, 0.3) is 0 Å². The van der Waals surface area contributed by atoms with Crippen LogP contribution in [0.3, 0.4) is 0 Å². The van der Waals surface area contributed by atoms with E-state index in [0.29, 0.717) is 5.69 Å². The molecule has 5 nitrogen and oxygen atoms in total. The van der Waals surface area contributed by atoms with Crippen molar-refractivity contribution in [1.82, 2.24) is 0 Å². The minimum absolute atomic E-state index is 0. The number of hydrogen-bond donors (Lipinski definition) is 1. The molecule has 0 spiro atoms. The number of anilines is 1. The first-order valence-electron chi connectivity index (χ1n) is 3.17. The van der Waals surface area contributed by atoms with E-state index in [2.05, 4.69) is 5.32 Å². The van der Waals surface area contributed by atoms with Crippen LogP contribution in [-0.4, -0.2) is 17.4 Å². The van der Waals surface area contributed by atoms with E-state index in [1.54, 1.807) is 25.2 Å². The van der Waals surface area contributed by atoms with Crippen molar-refractivity contribution >= 4 is 11.4 Å². The van der Waals surface area contributed by atoms with Crippen LogP contribution in [0.15, 0.2) is 24.3 Å². The van der Waals surface area contributed by atoms with Gasteiger partial charge in [-0.15, -0.1) is 0 Å². The molecular formula is C7H10N2O3. The fourth-order valence-corrected chi connectivity index (χ4v) is 0.844. The van der Waals surface area contributed by atoms with Crippen molar-refractivity contribution in [2.45, 2.75) is 0 Å². The lowest BCUT2D eigenvalue weighted by atomic mass is 10.3. The van der Waals surface area contributed by atoms with Crippen LogP contribution < -0.4 is 5.32 Å². The number of benzene rings is 1. The molecule has 5 heteroatoms. The first-order chi connectivity index (χ1) is 5.25. The van der Waals surface area contributed by atoms with E-state index >= 15 is 0 Å². The quantitative estimate of drug-likeness (QED) is 0.526. The SMILES string of the molecule is CNc1ccccc1[N+](=O)[O-].O. The van der Waals surface area contributed by atoms with Gasteiger partial charge < -0.3 is 10.8 Å². The molecule has 1 rings (SSSR count). The van der Waals surface area contributed by atoms with Gasteiger partial charge in [-0.1, -0.05) is 12.1 Å². The van der Waals surface area contributed by atoms with E-state index in [1.807, 2.05) is 0 Å². The first kappa shape index (κ1) is 10.4. The lowest BCUT2D eigenvalue weighted by Crippen LogP contribution is -1.95. The molecule has 0 unspecified atom stereocenters. The maximum absolute atomic E-state index is 10.3. The summed E-state index contributed by atoms with van der Waals surface area (Å²) in [4.78, 5) is 9.94. The molecule has 0 aliphatic rings. The summed E-state index contributed by atoms with van der Waals surface area (Å²) in [6, 6.07) is 6.52. The predicted molar refractivity (Wildman–Crippen MR) is 46.3 cm³/mol. The number of nitrogens with zero attached hydrogens (tertiary/aromatic N) is 1. The van der Waals surface area contributed by atoms with E-state index in [9.17, 15) is 10.1 Å². The number of hydrogen-bond acceptors (Lipinski definition) is 3. The van der Waals surface area contributed by atoms with Gasteiger partial charge in [0.25, 0.3) is 5.69 Å². The summed E-state index contributed by atoms with van der Waals surface area (Å²) in [7, 11) is 1.66. The first-order valence-corrected chi connectivity index (χ1v) is 3.17. The second-order valence-electron chi connectivity index (χ2n) is 2.02. The van der Waals surface area contributed by atoms with E-state index < -0.39 is 4.92 Å². The van der Waals surface area contributed by atoms with E-state index in [0.717, 1.165) is 0 Å². The Hall–Kier alpha value is -1.62. The van der Waals surface area contributed by atoms with E-state index in [4.69, 9.17) is 0 Å². The van der Waals surface area contributed by atoms with Crippen molar-refractivity contribution in [2.75, 3.05) is 12.4 Å². The molecule has 12 heavy (non-hydrogen) atoms. The van der Waals surface area contributed by atoms with Crippen LogP contribution in [0.1, 0.15) is 0 Å². The summed E-state index contributed by atoms with van der Waals surface area (Å²) in [6.07, 6.45) is 0. The van der Waals surface area contributed by atoms with Crippen LogP contribution in [0.5, 0.6) is 0 Å². The Bertz CT molecular complexity index is 275. The van der Waals surface area contributed by atoms with Crippen molar-refractivity contribution in [2.24, 2.45) is 0 Å². The molecule has 3 N–H and O–H groups in total. The molecule has 0 bridgehead atoms. The number of rotatable bonds is 2. The number of nitro groups is 1. The maximum Gasteiger partial charge on any atom is 0.292 e. The summed E-state index contributed by atoms with van der Waals surface area (Å²) in [6.45, 7) is 0. The zero-order valence-corrected chi connectivity index (χ0v) is 6.57. The van der Waals surface area contributed by atoms with Crippen LogP contribution in [0.2, 0.25) is 0 Å². The standard InChI is InChI=1S/C7H8N2O2.H2O/c1-8-6-4-2-3-5-7(6)9(10)11;/h2-5,8H,1H3;1H2. The maximum atomic E-state index is 10.3. The van der Waals surface area contributed by atoms with Crippen LogP contribution in [0.4, 0.5) is 11.4 Å². The van der Waals surface area contributed by atoms with Gasteiger partial charge in [-0.25, -0.2) is 0 Å². The predicted octanol–water partition coefficient (Wildman–Crippen LogP) is 0.812. The van der Waals surface area contributed by atoms with Crippen molar-refractivity contribution in [3.05, 3.63) is 34.4 Å². The molecule has 0 aromatic heterocycles. The number of para-hydroxylation sites is 2. The Labute approximate surface area is 69.5 Å². The Morgan fingerprint density at radius 3 is 2.42 bits per heavy atom. The largest absolute Gasteiger partial charge is 0.412 e. The van der Waals surface area contributed by atoms with Crippen LogP contribution in [-0.2, 0) is 0 Å². The van der Waals surface area contributed by atoms with Gasteiger partial charge >= 0.3 is 0 Å². The highest BCUT2D eigenvalue weighted by molar-refractivity contribution is 5.60. The van der Waals surface area contributed by atoms with Gasteiger partial charge in [0.2, 0.25) is 0 Å². The molecule has 0 saturated heterocycles. The van der Waals surface area contributed by atoms with Crippen molar-refractivity contribution in [3.63, 3.8) is 0 Å². The van der Waals surface area contributed by atoms with Crippen molar-refractivity contribution in [3.8, 4) is 0 Å². The molecule has 0 atom stereocenters. The van der Waals surface area contributed by atoms with Crippen LogP contribution in [0, 0.1) is 10.1 Å². The fourth-order valence-electron chi connectivity index (χ4n) is 0.844. The monoisotopic (exact) mass is 170 g/mol. The molecule has 1 aromatic rings. The lowest BCUT2D eigenvalue weighted by Gasteiger charge is -1.98. The smallest absolute Gasteiger partial charge is 0.292 e.